The van der Waals surface area contributed by atoms with Crippen molar-refractivity contribution in [3.05, 3.63) is 110 Å². The zero-order valence-electron chi connectivity index (χ0n) is 20.3. The van der Waals surface area contributed by atoms with Crippen LogP contribution in [0, 0.1) is 0 Å². The first kappa shape index (κ1) is 24.1. The van der Waals surface area contributed by atoms with E-state index in [1.165, 1.54) is 4.57 Å². The second-order valence-electron chi connectivity index (χ2n) is 8.87. The minimum absolute atomic E-state index is 0.0656. The molecule has 0 spiro atoms. The highest BCUT2D eigenvalue weighted by Crippen LogP contribution is 2.16. The van der Waals surface area contributed by atoms with Gasteiger partial charge >= 0.3 is 5.69 Å². The van der Waals surface area contributed by atoms with Crippen molar-refractivity contribution < 1.29 is 14.3 Å². The largest absolute Gasteiger partial charge is 0.497 e. The highest BCUT2D eigenvalue weighted by molar-refractivity contribution is 5.96. The second kappa shape index (κ2) is 10.1. The van der Waals surface area contributed by atoms with Gasteiger partial charge in [-0.3, -0.25) is 23.9 Å². The normalized spacial score (nSPS) is 13.5. The van der Waals surface area contributed by atoms with Crippen molar-refractivity contribution in [2.45, 2.75) is 6.54 Å². The molecule has 9 heteroatoms. The summed E-state index contributed by atoms with van der Waals surface area (Å²) in [5.41, 5.74) is 1.61. The number of carbonyl (C=O) groups is 2. The Balaban J connectivity index is 1.23. The van der Waals surface area contributed by atoms with Crippen molar-refractivity contribution in [3.63, 3.8) is 0 Å². The molecule has 5 rings (SSSR count). The lowest BCUT2D eigenvalue weighted by Crippen LogP contribution is -2.50. The predicted molar refractivity (Wildman–Crippen MR) is 139 cm³/mol. The number of aromatic nitrogens is 2. The zero-order chi connectivity index (χ0) is 25.9. The van der Waals surface area contributed by atoms with Gasteiger partial charge in [-0.15, -0.1) is 0 Å². The first-order chi connectivity index (χ1) is 17.9. The first-order valence-electron chi connectivity index (χ1n) is 12.0. The van der Waals surface area contributed by atoms with Crippen LogP contribution in [0.3, 0.4) is 0 Å². The Morgan fingerprint density at radius 1 is 0.784 bits per heavy atom. The summed E-state index contributed by atoms with van der Waals surface area (Å²) in [6.07, 6.45) is 0. The van der Waals surface area contributed by atoms with Crippen LogP contribution < -0.4 is 16.0 Å². The lowest BCUT2D eigenvalue weighted by molar-refractivity contribution is 0.0535. The van der Waals surface area contributed by atoms with Crippen molar-refractivity contribution in [3.8, 4) is 5.75 Å². The Bertz CT molecular complexity index is 1560. The van der Waals surface area contributed by atoms with Crippen LogP contribution in [0.15, 0.2) is 82.4 Å². The summed E-state index contributed by atoms with van der Waals surface area (Å²) >= 11 is 0. The minimum Gasteiger partial charge on any atom is -0.497 e. The minimum atomic E-state index is -0.481. The third-order valence-corrected chi connectivity index (χ3v) is 6.64. The fourth-order valence-corrected chi connectivity index (χ4v) is 4.55. The van der Waals surface area contributed by atoms with E-state index in [0.29, 0.717) is 54.0 Å². The number of ether oxygens (including phenoxy) is 1. The quantitative estimate of drug-likeness (QED) is 0.455. The van der Waals surface area contributed by atoms with E-state index in [0.717, 1.165) is 5.56 Å². The van der Waals surface area contributed by atoms with Gasteiger partial charge in [-0.2, -0.15) is 0 Å². The number of piperazine rings is 1. The number of H-pyrrole nitrogens is 1. The molecule has 0 aliphatic carbocycles. The fourth-order valence-electron chi connectivity index (χ4n) is 4.55. The molecular weight excluding hydrogens is 472 g/mol. The van der Waals surface area contributed by atoms with Crippen LogP contribution in [0.2, 0.25) is 0 Å². The number of carbonyl (C=O) groups excluding carboxylic acids is 2. The molecule has 0 saturated carbocycles. The average molecular weight is 499 g/mol. The molecule has 0 radical (unpaired) electrons. The monoisotopic (exact) mass is 498 g/mol. The van der Waals surface area contributed by atoms with Crippen LogP contribution in [-0.2, 0) is 6.54 Å². The molecule has 0 unspecified atom stereocenters. The van der Waals surface area contributed by atoms with E-state index < -0.39 is 11.2 Å². The Kier molecular flexibility index (Phi) is 6.59. The molecule has 9 nitrogen and oxygen atoms in total. The second-order valence-corrected chi connectivity index (χ2v) is 8.87. The Morgan fingerprint density at radius 2 is 1.32 bits per heavy atom. The van der Waals surface area contributed by atoms with E-state index in [1.54, 1.807) is 77.6 Å². The molecule has 1 saturated heterocycles. The van der Waals surface area contributed by atoms with Gasteiger partial charge < -0.3 is 14.5 Å². The molecule has 3 aromatic carbocycles. The average Bonchev–Trinajstić information content (AvgIpc) is 2.95. The number of aromatic amines is 1. The number of nitrogens with zero attached hydrogens (tertiary/aromatic N) is 3. The maximum Gasteiger partial charge on any atom is 0.329 e. The summed E-state index contributed by atoms with van der Waals surface area (Å²) in [7, 11) is 1.58. The molecule has 2 heterocycles. The fraction of sp³-hybridized carbons (Fsp3) is 0.214. The van der Waals surface area contributed by atoms with Gasteiger partial charge in [-0.05, 0) is 54.1 Å². The number of nitrogens with one attached hydrogen (secondary N) is 1. The summed E-state index contributed by atoms with van der Waals surface area (Å²) in [6, 6.07) is 21.0. The number of hydrogen-bond donors (Lipinski definition) is 1. The van der Waals surface area contributed by atoms with E-state index in [2.05, 4.69) is 4.98 Å². The molecule has 0 atom stereocenters. The summed E-state index contributed by atoms with van der Waals surface area (Å²) < 4.78 is 6.65. The molecule has 4 aromatic rings. The number of methoxy groups -OCH3 is 1. The predicted octanol–water partition coefficient (Wildman–Crippen LogP) is 2.34. The molecule has 0 bridgehead atoms. The molecular formula is C28H26N4O5. The number of para-hydroxylation sites is 1. The van der Waals surface area contributed by atoms with Crippen molar-refractivity contribution in [2.24, 2.45) is 0 Å². The molecule has 1 fully saturated rings. The zero-order valence-corrected chi connectivity index (χ0v) is 20.3. The number of benzene rings is 3. The third kappa shape index (κ3) is 4.88. The first-order valence-corrected chi connectivity index (χ1v) is 12.0. The summed E-state index contributed by atoms with van der Waals surface area (Å²) in [5.74, 6) is 0.524. The number of fused-ring (bicyclic) bond motifs is 1. The van der Waals surface area contributed by atoms with E-state index in [-0.39, 0.29) is 18.4 Å². The lowest BCUT2D eigenvalue weighted by Gasteiger charge is -2.35. The molecule has 1 aliphatic heterocycles. The summed E-state index contributed by atoms with van der Waals surface area (Å²) in [5, 5.41) is 0.443. The third-order valence-electron chi connectivity index (χ3n) is 6.64. The maximum absolute atomic E-state index is 13.1. The Hall–Kier alpha value is -4.66. The van der Waals surface area contributed by atoms with Gasteiger partial charge in [0.15, 0.2) is 0 Å². The van der Waals surface area contributed by atoms with Crippen LogP contribution in [0.1, 0.15) is 26.3 Å². The summed E-state index contributed by atoms with van der Waals surface area (Å²) in [6.45, 7) is 2.06. The van der Waals surface area contributed by atoms with Crippen molar-refractivity contribution in [1.82, 2.24) is 19.4 Å². The van der Waals surface area contributed by atoms with Crippen molar-refractivity contribution >= 4 is 22.7 Å². The van der Waals surface area contributed by atoms with E-state index in [9.17, 15) is 19.2 Å². The Labute approximate surface area is 212 Å². The van der Waals surface area contributed by atoms with E-state index in [4.69, 9.17) is 4.74 Å². The van der Waals surface area contributed by atoms with E-state index in [1.807, 2.05) is 12.1 Å². The van der Waals surface area contributed by atoms with Crippen LogP contribution in [-0.4, -0.2) is 64.5 Å². The lowest BCUT2D eigenvalue weighted by atomic mass is 10.1. The SMILES string of the molecule is COc1ccc(C(=O)N2CCN(C(=O)c3ccc(Cn4c(=O)[nH]c(=O)c5ccccc54)cc3)CC2)cc1. The van der Waals surface area contributed by atoms with Crippen molar-refractivity contribution in [2.75, 3.05) is 33.3 Å². The molecule has 37 heavy (non-hydrogen) atoms. The highest BCUT2D eigenvalue weighted by atomic mass is 16.5. The van der Waals surface area contributed by atoms with Gasteiger partial charge in [0.1, 0.15) is 5.75 Å². The van der Waals surface area contributed by atoms with Crippen LogP contribution in [0.4, 0.5) is 0 Å². The maximum atomic E-state index is 13.1. The molecule has 2 amide bonds. The number of amides is 2. The van der Waals surface area contributed by atoms with Gasteiger partial charge in [0, 0.05) is 37.3 Å². The molecule has 1 N–H and O–H groups in total. The molecule has 1 aromatic heterocycles. The van der Waals surface area contributed by atoms with Gasteiger partial charge in [0.2, 0.25) is 0 Å². The smallest absolute Gasteiger partial charge is 0.329 e. The van der Waals surface area contributed by atoms with Crippen LogP contribution in [0.25, 0.3) is 10.9 Å². The number of hydrogen-bond acceptors (Lipinski definition) is 5. The summed E-state index contributed by atoms with van der Waals surface area (Å²) in [4.78, 5) is 56.3. The van der Waals surface area contributed by atoms with Gasteiger partial charge in [-0.25, -0.2) is 4.79 Å². The topological polar surface area (TPSA) is 105 Å². The van der Waals surface area contributed by atoms with E-state index >= 15 is 0 Å². The van der Waals surface area contributed by atoms with Gasteiger partial charge in [-0.1, -0.05) is 24.3 Å². The van der Waals surface area contributed by atoms with Crippen LogP contribution >= 0.6 is 0 Å². The van der Waals surface area contributed by atoms with Gasteiger partial charge in [0.25, 0.3) is 17.4 Å². The molecule has 1 aliphatic rings. The standard InChI is InChI=1S/C28H26N4O5/c1-37-22-12-10-21(11-13-22)27(35)31-16-14-30(15-17-31)26(34)20-8-6-19(7-9-20)18-32-24-5-3-2-4-23(24)25(33)29-28(32)36/h2-13H,14-18H2,1H3,(H,29,33,36). The Morgan fingerprint density at radius 3 is 1.89 bits per heavy atom. The molecule has 188 valence electrons. The number of rotatable bonds is 5. The van der Waals surface area contributed by atoms with Crippen molar-refractivity contribution in [1.29, 1.82) is 0 Å². The highest BCUT2D eigenvalue weighted by Gasteiger charge is 2.25. The van der Waals surface area contributed by atoms with Gasteiger partial charge in [0.05, 0.1) is 24.6 Å². The van der Waals surface area contributed by atoms with Crippen LogP contribution in [0.5, 0.6) is 5.75 Å².